The summed E-state index contributed by atoms with van der Waals surface area (Å²) in [7, 11) is 0. The third kappa shape index (κ3) is 4.86. The van der Waals surface area contributed by atoms with E-state index in [1.54, 1.807) is 6.07 Å². The molecule has 5 heteroatoms. The van der Waals surface area contributed by atoms with Crippen molar-refractivity contribution in [3.8, 4) is 0 Å². The summed E-state index contributed by atoms with van der Waals surface area (Å²) in [5.41, 5.74) is 0.749. The molecule has 0 heterocycles. The fourth-order valence-electron chi connectivity index (χ4n) is 1.28. The van der Waals surface area contributed by atoms with Gasteiger partial charge in [0, 0.05) is 10.5 Å². The molecular formula is C13H18BrClN2O. The van der Waals surface area contributed by atoms with Crippen LogP contribution in [-0.2, 0) is 4.79 Å². The number of benzene rings is 1. The number of halogens is 2. The largest absolute Gasteiger partial charge is 0.375 e. The van der Waals surface area contributed by atoms with Crippen molar-refractivity contribution in [3.05, 3.63) is 27.7 Å². The zero-order valence-electron chi connectivity index (χ0n) is 10.8. The van der Waals surface area contributed by atoms with Gasteiger partial charge in [0.25, 0.3) is 0 Å². The van der Waals surface area contributed by atoms with Crippen LogP contribution in [0.1, 0.15) is 20.8 Å². The Morgan fingerprint density at radius 2 is 2.06 bits per heavy atom. The second-order valence-corrected chi connectivity index (χ2v) is 5.90. The van der Waals surface area contributed by atoms with Crippen LogP contribution in [0.5, 0.6) is 0 Å². The van der Waals surface area contributed by atoms with Crippen LogP contribution >= 0.6 is 27.5 Å². The van der Waals surface area contributed by atoms with Crippen LogP contribution in [0.2, 0.25) is 5.02 Å². The zero-order chi connectivity index (χ0) is 13.7. The SMILES string of the molecule is CC(C)C(C)NC(=O)CNc1cc(Br)ccc1Cl. The van der Waals surface area contributed by atoms with Gasteiger partial charge in [-0.2, -0.15) is 0 Å². The maximum absolute atomic E-state index is 11.7. The van der Waals surface area contributed by atoms with Crippen molar-refractivity contribution in [1.29, 1.82) is 0 Å². The zero-order valence-corrected chi connectivity index (χ0v) is 13.1. The van der Waals surface area contributed by atoms with Crippen molar-refractivity contribution in [2.75, 3.05) is 11.9 Å². The Bertz CT molecular complexity index is 423. The van der Waals surface area contributed by atoms with Crippen LogP contribution in [0, 0.1) is 5.92 Å². The summed E-state index contributed by atoms with van der Waals surface area (Å²) in [6.07, 6.45) is 0. The van der Waals surface area contributed by atoms with Crippen molar-refractivity contribution in [1.82, 2.24) is 5.32 Å². The number of carbonyl (C=O) groups excluding carboxylic acids is 1. The van der Waals surface area contributed by atoms with Gasteiger partial charge in [-0.25, -0.2) is 0 Å². The summed E-state index contributed by atoms with van der Waals surface area (Å²) in [6, 6.07) is 5.65. The molecule has 0 aromatic heterocycles. The topological polar surface area (TPSA) is 41.1 Å². The van der Waals surface area contributed by atoms with Gasteiger partial charge in [-0.15, -0.1) is 0 Å². The van der Waals surface area contributed by atoms with Crippen LogP contribution < -0.4 is 10.6 Å². The number of amides is 1. The third-order valence-electron chi connectivity index (χ3n) is 2.76. The van der Waals surface area contributed by atoms with Crippen LogP contribution in [-0.4, -0.2) is 18.5 Å². The maximum atomic E-state index is 11.7. The van der Waals surface area contributed by atoms with Crippen molar-refractivity contribution in [2.24, 2.45) is 5.92 Å². The highest BCUT2D eigenvalue weighted by Gasteiger charge is 2.10. The third-order valence-corrected chi connectivity index (χ3v) is 3.58. The monoisotopic (exact) mass is 332 g/mol. The minimum absolute atomic E-state index is 0.0350. The molecule has 1 amide bonds. The van der Waals surface area contributed by atoms with E-state index in [1.807, 2.05) is 19.1 Å². The second kappa shape index (κ2) is 7.00. The normalized spacial score (nSPS) is 12.3. The molecule has 0 fully saturated rings. The molecule has 0 aliphatic carbocycles. The average Bonchev–Trinajstić information content (AvgIpc) is 2.30. The summed E-state index contributed by atoms with van der Waals surface area (Å²) in [6.45, 7) is 6.36. The van der Waals surface area contributed by atoms with E-state index in [0.29, 0.717) is 10.9 Å². The predicted molar refractivity (Wildman–Crippen MR) is 80.1 cm³/mol. The summed E-state index contributed by atoms with van der Waals surface area (Å²) < 4.78 is 0.922. The fraction of sp³-hybridized carbons (Fsp3) is 0.462. The Kier molecular flexibility index (Phi) is 5.96. The first-order valence-electron chi connectivity index (χ1n) is 5.88. The number of carbonyl (C=O) groups is 1. The Morgan fingerprint density at radius 1 is 1.39 bits per heavy atom. The van der Waals surface area contributed by atoms with Crippen LogP contribution in [0.25, 0.3) is 0 Å². The molecule has 3 nitrogen and oxygen atoms in total. The van der Waals surface area contributed by atoms with E-state index < -0.39 is 0 Å². The molecule has 1 aromatic carbocycles. The van der Waals surface area contributed by atoms with Gasteiger partial charge in [0.15, 0.2) is 0 Å². The Labute approximate surface area is 121 Å². The highest BCUT2D eigenvalue weighted by molar-refractivity contribution is 9.10. The van der Waals surface area contributed by atoms with E-state index in [4.69, 9.17) is 11.6 Å². The van der Waals surface area contributed by atoms with Crippen molar-refractivity contribution < 1.29 is 4.79 Å². The molecule has 0 radical (unpaired) electrons. The molecule has 1 rings (SSSR count). The first-order valence-corrected chi connectivity index (χ1v) is 7.05. The number of hydrogen-bond acceptors (Lipinski definition) is 2. The Morgan fingerprint density at radius 3 is 2.67 bits per heavy atom. The molecule has 1 unspecified atom stereocenters. The lowest BCUT2D eigenvalue weighted by Gasteiger charge is -2.18. The van der Waals surface area contributed by atoms with E-state index >= 15 is 0 Å². The second-order valence-electron chi connectivity index (χ2n) is 4.58. The number of hydrogen-bond donors (Lipinski definition) is 2. The van der Waals surface area contributed by atoms with Gasteiger partial charge in [0.1, 0.15) is 0 Å². The van der Waals surface area contributed by atoms with Gasteiger partial charge in [0.2, 0.25) is 5.91 Å². The number of rotatable bonds is 5. The Hall–Kier alpha value is -0.740. The average molecular weight is 334 g/mol. The smallest absolute Gasteiger partial charge is 0.239 e. The molecule has 0 aliphatic rings. The Balaban J connectivity index is 2.50. The lowest BCUT2D eigenvalue weighted by atomic mass is 10.1. The van der Waals surface area contributed by atoms with E-state index in [2.05, 4.69) is 40.4 Å². The van der Waals surface area contributed by atoms with Gasteiger partial charge in [-0.1, -0.05) is 41.4 Å². The van der Waals surface area contributed by atoms with Gasteiger partial charge in [-0.3, -0.25) is 4.79 Å². The fourth-order valence-corrected chi connectivity index (χ4v) is 1.83. The molecule has 18 heavy (non-hydrogen) atoms. The molecule has 2 N–H and O–H groups in total. The molecule has 100 valence electrons. The standard InChI is InChI=1S/C13H18BrClN2O/c1-8(2)9(3)17-13(18)7-16-12-6-10(14)4-5-11(12)15/h4-6,8-9,16H,7H2,1-3H3,(H,17,18). The summed E-state index contributed by atoms with van der Waals surface area (Å²) in [4.78, 5) is 11.7. The first kappa shape index (κ1) is 15.3. The van der Waals surface area contributed by atoms with Crippen molar-refractivity contribution in [3.63, 3.8) is 0 Å². The molecule has 1 atom stereocenters. The minimum atomic E-state index is -0.0350. The predicted octanol–water partition coefficient (Wildman–Crippen LogP) is 3.68. The molecule has 0 bridgehead atoms. The molecular weight excluding hydrogens is 316 g/mol. The van der Waals surface area contributed by atoms with Crippen LogP contribution in [0.4, 0.5) is 5.69 Å². The van der Waals surface area contributed by atoms with Gasteiger partial charge >= 0.3 is 0 Å². The van der Waals surface area contributed by atoms with Crippen molar-refractivity contribution in [2.45, 2.75) is 26.8 Å². The quantitative estimate of drug-likeness (QED) is 0.863. The molecule has 0 aliphatic heterocycles. The lowest BCUT2D eigenvalue weighted by Crippen LogP contribution is -2.39. The molecule has 0 saturated heterocycles. The summed E-state index contributed by atoms with van der Waals surface area (Å²) in [5.74, 6) is 0.385. The van der Waals surface area contributed by atoms with Crippen LogP contribution in [0.3, 0.4) is 0 Å². The highest BCUT2D eigenvalue weighted by atomic mass is 79.9. The van der Waals surface area contributed by atoms with Gasteiger partial charge in [0.05, 0.1) is 17.3 Å². The van der Waals surface area contributed by atoms with Gasteiger partial charge in [-0.05, 0) is 31.0 Å². The number of anilines is 1. The van der Waals surface area contributed by atoms with Gasteiger partial charge < -0.3 is 10.6 Å². The summed E-state index contributed by atoms with van der Waals surface area (Å²) in [5, 5.41) is 6.55. The van der Waals surface area contributed by atoms with Crippen LogP contribution in [0.15, 0.2) is 22.7 Å². The first-order chi connectivity index (χ1) is 8.40. The molecule has 0 spiro atoms. The van der Waals surface area contributed by atoms with E-state index in [-0.39, 0.29) is 18.5 Å². The molecule has 1 aromatic rings. The van der Waals surface area contributed by atoms with E-state index in [0.717, 1.165) is 10.2 Å². The van der Waals surface area contributed by atoms with E-state index in [1.165, 1.54) is 0 Å². The lowest BCUT2D eigenvalue weighted by molar-refractivity contribution is -0.120. The van der Waals surface area contributed by atoms with Crippen molar-refractivity contribution >= 4 is 39.1 Å². The van der Waals surface area contributed by atoms with E-state index in [9.17, 15) is 4.79 Å². The minimum Gasteiger partial charge on any atom is -0.375 e. The maximum Gasteiger partial charge on any atom is 0.239 e. The molecule has 0 saturated carbocycles. The highest BCUT2D eigenvalue weighted by Crippen LogP contribution is 2.25. The number of nitrogens with one attached hydrogen (secondary N) is 2. The summed E-state index contributed by atoms with van der Waals surface area (Å²) >= 11 is 9.38.